The Labute approximate surface area is 94.9 Å². The normalized spacial score (nSPS) is 10.1. The lowest BCUT2D eigenvalue weighted by Crippen LogP contribution is -2.25. The average molecular weight is 223 g/mol. The molecule has 0 spiro atoms. The van der Waals surface area contributed by atoms with Crippen LogP contribution in [0, 0.1) is 6.92 Å². The molecule has 16 heavy (non-hydrogen) atoms. The van der Waals surface area contributed by atoms with Crippen LogP contribution in [0.3, 0.4) is 0 Å². The first kappa shape index (κ1) is 12.5. The molecule has 0 bridgehead atoms. The van der Waals surface area contributed by atoms with Gasteiger partial charge in [-0.25, -0.2) is 0 Å². The fraction of sp³-hybridized carbons (Fsp3) is 0.417. The van der Waals surface area contributed by atoms with Crippen molar-refractivity contribution in [2.24, 2.45) is 0 Å². The number of aliphatic hydroxyl groups excluding tert-OH is 1. The predicted octanol–water partition coefficient (Wildman–Crippen LogP) is 1.20. The van der Waals surface area contributed by atoms with Crippen molar-refractivity contribution in [3.8, 4) is 5.75 Å². The van der Waals surface area contributed by atoms with E-state index in [4.69, 9.17) is 5.11 Å². The van der Waals surface area contributed by atoms with Gasteiger partial charge >= 0.3 is 0 Å². The van der Waals surface area contributed by atoms with Crippen molar-refractivity contribution in [3.63, 3.8) is 0 Å². The minimum absolute atomic E-state index is 0.143. The number of carbonyl (C=O) groups excluding carboxylic acids is 1. The molecule has 0 aromatic heterocycles. The summed E-state index contributed by atoms with van der Waals surface area (Å²) in [5.41, 5.74) is 1.32. The van der Waals surface area contributed by atoms with Gasteiger partial charge in [0.1, 0.15) is 5.75 Å². The molecular weight excluding hydrogens is 206 g/mol. The second-order valence-corrected chi connectivity index (χ2v) is 3.69. The van der Waals surface area contributed by atoms with E-state index in [0.717, 1.165) is 12.0 Å². The third-order valence-corrected chi connectivity index (χ3v) is 2.33. The van der Waals surface area contributed by atoms with Gasteiger partial charge in [-0.1, -0.05) is 0 Å². The van der Waals surface area contributed by atoms with Crippen LogP contribution >= 0.6 is 0 Å². The van der Waals surface area contributed by atoms with Gasteiger partial charge in [0, 0.05) is 18.7 Å². The van der Waals surface area contributed by atoms with Crippen LogP contribution in [0.2, 0.25) is 0 Å². The molecule has 1 rings (SSSR count). The number of unbranched alkanes of at least 4 members (excludes halogenated alkanes) is 1. The fourth-order valence-electron chi connectivity index (χ4n) is 1.44. The van der Waals surface area contributed by atoms with Gasteiger partial charge in [0.25, 0.3) is 5.91 Å². The summed E-state index contributed by atoms with van der Waals surface area (Å²) in [4.78, 5) is 11.7. The summed E-state index contributed by atoms with van der Waals surface area (Å²) in [5.74, 6) is 0.0183. The lowest BCUT2D eigenvalue weighted by atomic mass is 10.1. The van der Waals surface area contributed by atoms with Crippen LogP contribution < -0.4 is 5.32 Å². The molecule has 4 heteroatoms. The monoisotopic (exact) mass is 223 g/mol. The molecule has 0 aliphatic carbocycles. The maximum atomic E-state index is 11.7. The number of amides is 1. The Bertz CT molecular complexity index is 363. The molecule has 4 nitrogen and oxygen atoms in total. The zero-order valence-electron chi connectivity index (χ0n) is 9.36. The Balaban J connectivity index is 2.53. The fourth-order valence-corrected chi connectivity index (χ4v) is 1.44. The molecular formula is C12H17NO3. The van der Waals surface area contributed by atoms with Crippen molar-refractivity contribution in [2.75, 3.05) is 13.2 Å². The SMILES string of the molecule is Cc1cc(O)ccc1C(=O)NCCCCO. The van der Waals surface area contributed by atoms with Crippen LogP contribution in [0.15, 0.2) is 18.2 Å². The number of aryl methyl sites for hydroxylation is 1. The Hall–Kier alpha value is -1.55. The summed E-state index contributed by atoms with van der Waals surface area (Å²) in [6.07, 6.45) is 1.45. The molecule has 0 saturated carbocycles. The Morgan fingerprint density at radius 2 is 2.12 bits per heavy atom. The molecule has 0 unspecified atom stereocenters. The summed E-state index contributed by atoms with van der Waals surface area (Å²) in [6, 6.07) is 4.66. The third-order valence-electron chi connectivity index (χ3n) is 2.33. The number of nitrogens with one attached hydrogen (secondary N) is 1. The van der Waals surface area contributed by atoms with Gasteiger partial charge in [0.2, 0.25) is 0 Å². The summed E-state index contributed by atoms with van der Waals surface area (Å²) in [6.45, 7) is 2.48. The highest BCUT2D eigenvalue weighted by molar-refractivity contribution is 5.95. The van der Waals surface area contributed by atoms with Crippen LogP contribution in [0.25, 0.3) is 0 Å². The van der Waals surface area contributed by atoms with Crippen LogP contribution in [0.5, 0.6) is 5.75 Å². The number of benzene rings is 1. The zero-order chi connectivity index (χ0) is 12.0. The van der Waals surface area contributed by atoms with E-state index in [1.54, 1.807) is 19.1 Å². The second-order valence-electron chi connectivity index (χ2n) is 3.69. The van der Waals surface area contributed by atoms with Crippen molar-refractivity contribution in [1.82, 2.24) is 5.32 Å². The van der Waals surface area contributed by atoms with Crippen molar-refractivity contribution in [2.45, 2.75) is 19.8 Å². The molecule has 0 heterocycles. The molecule has 0 saturated heterocycles. The molecule has 0 fully saturated rings. The first-order valence-electron chi connectivity index (χ1n) is 5.34. The van der Waals surface area contributed by atoms with E-state index in [9.17, 15) is 9.90 Å². The molecule has 0 atom stereocenters. The maximum absolute atomic E-state index is 11.7. The number of phenolic OH excluding ortho intramolecular Hbond substituents is 1. The average Bonchev–Trinajstić information content (AvgIpc) is 2.24. The number of hydrogen-bond donors (Lipinski definition) is 3. The second kappa shape index (κ2) is 6.12. The third kappa shape index (κ3) is 3.55. The molecule has 1 aromatic carbocycles. The molecule has 1 amide bonds. The first-order chi connectivity index (χ1) is 7.65. The molecule has 0 aliphatic rings. The van der Waals surface area contributed by atoms with E-state index < -0.39 is 0 Å². The van der Waals surface area contributed by atoms with Gasteiger partial charge in [0.05, 0.1) is 0 Å². The predicted molar refractivity (Wildman–Crippen MR) is 61.5 cm³/mol. The minimum atomic E-state index is -0.143. The van der Waals surface area contributed by atoms with E-state index in [2.05, 4.69) is 5.32 Å². The van der Waals surface area contributed by atoms with Gasteiger partial charge in [-0.15, -0.1) is 0 Å². The standard InChI is InChI=1S/C12H17NO3/c1-9-8-10(15)4-5-11(9)12(16)13-6-2-3-7-14/h4-5,8,14-15H,2-3,6-7H2,1H3,(H,13,16). The van der Waals surface area contributed by atoms with Crippen molar-refractivity contribution < 1.29 is 15.0 Å². The number of hydrogen-bond acceptors (Lipinski definition) is 3. The Morgan fingerprint density at radius 3 is 2.75 bits per heavy atom. The molecule has 3 N–H and O–H groups in total. The highest BCUT2D eigenvalue weighted by Crippen LogP contribution is 2.15. The summed E-state index contributed by atoms with van der Waals surface area (Å²) in [5, 5.41) is 20.6. The van der Waals surface area contributed by atoms with Crippen LogP contribution in [-0.4, -0.2) is 29.3 Å². The van der Waals surface area contributed by atoms with Crippen LogP contribution in [0.4, 0.5) is 0 Å². The maximum Gasteiger partial charge on any atom is 0.251 e. The number of carbonyl (C=O) groups is 1. The van der Waals surface area contributed by atoms with E-state index in [-0.39, 0.29) is 18.3 Å². The van der Waals surface area contributed by atoms with Gasteiger partial charge in [-0.2, -0.15) is 0 Å². The van der Waals surface area contributed by atoms with Crippen LogP contribution in [-0.2, 0) is 0 Å². The Morgan fingerprint density at radius 1 is 1.38 bits per heavy atom. The van der Waals surface area contributed by atoms with Gasteiger partial charge in [-0.3, -0.25) is 4.79 Å². The highest BCUT2D eigenvalue weighted by Gasteiger charge is 2.08. The highest BCUT2D eigenvalue weighted by atomic mass is 16.3. The smallest absolute Gasteiger partial charge is 0.251 e. The largest absolute Gasteiger partial charge is 0.508 e. The topological polar surface area (TPSA) is 69.6 Å². The lowest BCUT2D eigenvalue weighted by Gasteiger charge is -2.07. The zero-order valence-corrected chi connectivity index (χ0v) is 9.36. The number of aromatic hydroxyl groups is 1. The van der Waals surface area contributed by atoms with Gasteiger partial charge in [-0.05, 0) is 43.5 Å². The lowest BCUT2D eigenvalue weighted by molar-refractivity contribution is 0.0951. The number of aliphatic hydroxyl groups is 1. The number of phenols is 1. The van der Waals surface area contributed by atoms with Crippen molar-refractivity contribution in [1.29, 1.82) is 0 Å². The summed E-state index contributed by atoms with van der Waals surface area (Å²) < 4.78 is 0. The van der Waals surface area contributed by atoms with Gasteiger partial charge < -0.3 is 15.5 Å². The van der Waals surface area contributed by atoms with E-state index in [0.29, 0.717) is 18.5 Å². The Kier molecular flexibility index (Phi) is 4.79. The van der Waals surface area contributed by atoms with Gasteiger partial charge in [0.15, 0.2) is 0 Å². The summed E-state index contributed by atoms with van der Waals surface area (Å²) >= 11 is 0. The van der Waals surface area contributed by atoms with E-state index >= 15 is 0 Å². The minimum Gasteiger partial charge on any atom is -0.508 e. The quantitative estimate of drug-likeness (QED) is 0.657. The first-order valence-corrected chi connectivity index (χ1v) is 5.34. The molecule has 0 radical (unpaired) electrons. The van der Waals surface area contributed by atoms with Crippen molar-refractivity contribution in [3.05, 3.63) is 29.3 Å². The molecule has 1 aromatic rings. The molecule has 0 aliphatic heterocycles. The summed E-state index contributed by atoms with van der Waals surface area (Å²) in [7, 11) is 0. The van der Waals surface area contributed by atoms with E-state index in [1.807, 2.05) is 0 Å². The molecule has 88 valence electrons. The van der Waals surface area contributed by atoms with E-state index in [1.165, 1.54) is 6.07 Å². The van der Waals surface area contributed by atoms with Crippen LogP contribution in [0.1, 0.15) is 28.8 Å². The van der Waals surface area contributed by atoms with Crippen molar-refractivity contribution >= 4 is 5.91 Å². The number of rotatable bonds is 5.